The summed E-state index contributed by atoms with van der Waals surface area (Å²) in [6.45, 7) is 3.56. The number of amides is 1. The van der Waals surface area contributed by atoms with Crippen LogP contribution in [-0.2, 0) is 14.8 Å². The molecule has 3 atom stereocenters. The van der Waals surface area contributed by atoms with E-state index in [4.69, 9.17) is 0 Å². The van der Waals surface area contributed by atoms with E-state index in [9.17, 15) is 23.1 Å². The quantitative estimate of drug-likeness (QED) is 0.721. The second-order valence-corrected chi connectivity index (χ2v) is 8.85. The van der Waals surface area contributed by atoms with Crippen LogP contribution in [0.1, 0.15) is 42.5 Å². The minimum absolute atomic E-state index is 0.0264. The molecule has 1 heterocycles. The van der Waals surface area contributed by atoms with Crippen LogP contribution in [0.3, 0.4) is 0 Å². The van der Waals surface area contributed by atoms with Gasteiger partial charge in [0.05, 0.1) is 4.90 Å². The fourth-order valence-electron chi connectivity index (χ4n) is 4.17. The van der Waals surface area contributed by atoms with E-state index in [1.165, 1.54) is 35.2 Å². The van der Waals surface area contributed by atoms with Gasteiger partial charge < -0.3 is 10.0 Å². The molecule has 1 saturated heterocycles. The third-order valence-electron chi connectivity index (χ3n) is 5.42. The number of hydrogen-bond donors (Lipinski definition) is 2. The van der Waals surface area contributed by atoms with Gasteiger partial charge in [-0.25, -0.2) is 17.9 Å². The van der Waals surface area contributed by atoms with Crippen molar-refractivity contribution in [3.8, 4) is 0 Å². The Morgan fingerprint density at radius 3 is 2.74 bits per heavy atom. The van der Waals surface area contributed by atoms with Crippen molar-refractivity contribution in [3.63, 3.8) is 0 Å². The summed E-state index contributed by atoms with van der Waals surface area (Å²) >= 11 is 0. The van der Waals surface area contributed by atoms with Crippen LogP contribution in [0.15, 0.2) is 41.8 Å². The molecule has 0 spiro atoms. The Balaban J connectivity index is 1.91. The van der Waals surface area contributed by atoms with E-state index in [0.29, 0.717) is 6.42 Å². The molecule has 1 aliphatic carbocycles. The van der Waals surface area contributed by atoms with Crippen molar-refractivity contribution in [2.75, 3.05) is 6.54 Å². The van der Waals surface area contributed by atoms with E-state index < -0.39 is 27.9 Å². The summed E-state index contributed by atoms with van der Waals surface area (Å²) in [6.07, 6.45) is 5.63. The van der Waals surface area contributed by atoms with E-state index >= 15 is 0 Å². The summed E-state index contributed by atoms with van der Waals surface area (Å²) in [7, 11) is -3.76. The number of benzene rings is 1. The van der Waals surface area contributed by atoms with Crippen molar-refractivity contribution in [3.05, 3.63) is 42.5 Å². The van der Waals surface area contributed by atoms with Gasteiger partial charge in [0, 0.05) is 18.2 Å². The zero-order valence-electron chi connectivity index (χ0n) is 15.0. The highest BCUT2D eigenvalue weighted by molar-refractivity contribution is 7.89. The second kappa shape index (κ2) is 7.82. The van der Waals surface area contributed by atoms with E-state index in [-0.39, 0.29) is 29.0 Å². The molecule has 1 aromatic rings. The standard InChI is InChI=1S/C19H24N2O5S/c1-2-10-20-27(25,26)15-8-5-7-14(11-15)18(22)21-16-9-4-3-6-13(16)12-17(21)19(23)24/h2,5,7-8,11,13,16-17,20H,1,3-4,6,9-10,12H2,(H,23,24). The predicted molar refractivity (Wildman–Crippen MR) is 99.8 cm³/mol. The number of nitrogens with one attached hydrogen (secondary N) is 1. The van der Waals surface area contributed by atoms with Crippen LogP contribution in [0.4, 0.5) is 0 Å². The molecule has 2 aliphatic rings. The molecule has 8 heteroatoms. The van der Waals surface area contributed by atoms with Gasteiger partial charge in [-0.15, -0.1) is 6.58 Å². The number of aliphatic carboxylic acids is 1. The molecule has 3 rings (SSSR count). The minimum Gasteiger partial charge on any atom is -0.480 e. The molecular weight excluding hydrogens is 368 g/mol. The van der Waals surface area contributed by atoms with Crippen LogP contribution in [0.25, 0.3) is 0 Å². The van der Waals surface area contributed by atoms with Crippen LogP contribution in [0.5, 0.6) is 0 Å². The maximum absolute atomic E-state index is 13.1. The molecule has 1 saturated carbocycles. The summed E-state index contributed by atoms with van der Waals surface area (Å²) in [5.74, 6) is -1.23. The SMILES string of the molecule is C=CCNS(=O)(=O)c1cccc(C(=O)N2C(C(=O)O)CC3CCCCC32)c1. The van der Waals surface area contributed by atoms with Crippen molar-refractivity contribution in [1.29, 1.82) is 0 Å². The number of rotatable bonds is 6. The summed E-state index contributed by atoms with van der Waals surface area (Å²) in [5, 5.41) is 9.60. The summed E-state index contributed by atoms with van der Waals surface area (Å²) in [5.41, 5.74) is 0.189. The number of carboxylic acid groups (broad SMARTS) is 1. The zero-order valence-corrected chi connectivity index (χ0v) is 15.8. The molecule has 0 radical (unpaired) electrons. The monoisotopic (exact) mass is 392 g/mol. The first kappa shape index (κ1) is 19.6. The van der Waals surface area contributed by atoms with Gasteiger partial charge in [-0.3, -0.25) is 4.79 Å². The minimum atomic E-state index is -3.76. The fraction of sp³-hybridized carbons (Fsp3) is 0.474. The number of carboxylic acids is 1. The fourth-order valence-corrected chi connectivity index (χ4v) is 5.21. The second-order valence-electron chi connectivity index (χ2n) is 7.08. The van der Waals surface area contributed by atoms with Gasteiger partial charge in [0.1, 0.15) is 6.04 Å². The zero-order chi connectivity index (χ0) is 19.6. The molecule has 1 aromatic carbocycles. The number of carbonyl (C=O) groups is 2. The van der Waals surface area contributed by atoms with Crippen molar-refractivity contribution in [2.45, 2.75) is 49.1 Å². The van der Waals surface area contributed by atoms with Gasteiger partial charge in [0.2, 0.25) is 10.0 Å². The van der Waals surface area contributed by atoms with Crippen molar-refractivity contribution in [1.82, 2.24) is 9.62 Å². The average Bonchev–Trinajstić information content (AvgIpc) is 3.06. The van der Waals surface area contributed by atoms with Gasteiger partial charge in [0.25, 0.3) is 5.91 Å². The van der Waals surface area contributed by atoms with E-state index in [2.05, 4.69) is 11.3 Å². The summed E-state index contributed by atoms with van der Waals surface area (Å²) in [6, 6.07) is 4.80. The van der Waals surface area contributed by atoms with Gasteiger partial charge in [-0.1, -0.05) is 25.0 Å². The third kappa shape index (κ3) is 3.91. The first-order valence-electron chi connectivity index (χ1n) is 9.11. The Kier molecular flexibility index (Phi) is 5.67. The van der Waals surface area contributed by atoms with E-state index in [1.807, 2.05) is 0 Å². The molecule has 2 N–H and O–H groups in total. The lowest BCUT2D eigenvalue weighted by Gasteiger charge is -2.33. The first-order chi connectivity index (χ1) is 12.8. The highest BCUT2D eigenvalue weighted by Gasteiger charge is 2.47. The van der Waals surface area contributed by atoms with Gasteiger partial charge >= 0.3 is 5.97 Å². The number of carbonyl (C=O) groups excluding carboxylic acids is 1. The van der Waals surface area contributed by atoms with Crippen LogP contribution in [0.2, 0.25) is 0 Å². The summed E-state index contributed by atoms with van der Waals surface area (Å²) < 4.78 is 27.0. The molecular formula is C19H24N2O5S. The maximum Gasteiger partial charge on any atom is 0.326 e. The van der Waals surface area contributed by atoms with Crippen molar-refractivity contribution >= 4 is 21.9 Å². The normalized spacial score (nSPS) is 25.0. The lowest BCUT2D eigenvalue weighted by molar-refractivity contribution is -0.141. The van der Waals surface area contributed by atoms with Crippen LogP contribution >= 0.6 is 0 Å². The first-order valence-corrected chi connectivity index (χ1v) is 10.6. The average molecular weight is 392 g/mol. The highest BCUT2D eigenvalue weighted by atomic mass is 32.2. The maximum atomic E-state index is 13.1. The molecule has 3 unspecified atom stereocenters. The number of hydrogen-bond acceptors (Lipinski definition) is 4. The topological polar surface area (TPSA) is 104 Å². The van der Waals surface area contributed by atoms with Crippen LogP contribution < -0.4 is 4.72 Å². The van der Waals surface area contributed by atoms with E-state index in [1.54, 1.807) is 0 Å². The summed E-state index contributed by atoms with van der Waals surface area (Å²) in [4.78, 5) is 26.3. The molecule has 27 heavy (non-hydrogen) atoms. The van der Waals surface area contributed by atoms with Crippen molar-refractivity contribution < 1.29 is 23.1 Å². The lowest BCUT2D eigenvalue weighted by Crippen LogP contribution is -2.46. The largest absolute Gasteiger partial charge is 0.480 e. The predicted octanol–water partition coefficient (Wildman–Crippen LogP) is 2.01. The van der Waals surface area contributed by atoms with Crippen LogP contribution in [0, 0.1) is 5.92 Å². The van der Waals surface area contributed by atoms with Gasteiger partial charge in [0.15, 0.2) is 0 Å². The number of fused-ring (bicyclic) bond motifs is 1. The lowest BCUT2D eigenvalue weighted by atomic mass is 9.84. The molecule has 1 aliphatic heterocycles. The Labute approximate surface area is 159 Å². The van der Waals surface area contributed by atoms with Crippen molar-refractivity contribution in [2.24, 2.45) is 5.92 Å². The molecule has 1 amide bonds. The number of sulfonamides is 1. The van der Waals surface area contributed by atoms with E-state index in [0.717, 1.165) is 25.7 Å². The smallest absolute Gasteiger partial charge is 0.326 e. The molecule has 7 nitrogen and oxygen atoms in total. The number of nitrogens with zero attached hydrogens (tertiary/aromatic N) is 1. The highest BCUT2D eigenvalue weighted by Crippen LogP contribution is 2.40. The number of likely N-dealkylation sites (tertiary alicyclic amines) is 1. The molecule has 0 aromatic heterocycles. The third-order valence-corrected chi connectivity index (χ3v) is 6.84. The Morgan fingerprint density at radius 2 is 2.04 bits per heavy atom. The molecule has 0 bridgehead atoms. The van der Waals surface area contributed by atoms with Gasteiger partial charge in [-0.2, -0.15) is 0 Å². The van der Waals surface area contributed by atoms with Gasteiger partial charge in [-0.05, 0) is 43.4 Å². The molecule has 2 fully saturated rings. The Morgan fingerprint density at radius 1 is 1.30 bits per heavy atom. The van der Waals surface area contributed by atoms with Crippen LogP contribution in [-0.4, -0.2) is 48.9 Å². The Hall–Kier alpha value is -2.19. The Bertz CT molecular complexity index is 851. The molecule has 146 valence electrons.